The van der Waals surface area contributed by atoms with Crippen LogP contribution in [0.1, 0.15) is 32.1 Å². The summed E-state index contributed by atoms with van der Waals surface area (Å²) in [6.07, 6.45) is 0.981. The largest absolute Gasteiger partial charge is 0.494 e. The van der Waals surface area contributed by atoms with Gasteiger partial charge in [-0.25, -0.2) is 0 Å². The number of ether oxygens (including phenoxy) is 1. The van der Waals surface area contributed by atoms with E-state index in [0.29, 0.717) is 19.1 Å². The van der Waals surface area contributed by atoms with Crippen molar-refractivity contribution in [3.63, 3.8) is 0 Å². The van der Waals surface area contributed by atoms with Gasteiger partial charge in [0.15, 0.2) is 0 Å². The highest BCUT2D eigenvalue weighted by atomic mass is 16.5. The molecule has 0 aliphatic rings. The van der Waals surface area contributed by atoms with Gasteiger partial charge in [0.05, 0.1) is 13.2 Å². The van der Waals surface area contributed by atoms with Crippen molar-refractivity contribution >= 4 is 11.0 Å². The summed E-state index contributed by atoms with van der Waals surface area (Å²) in [6.45, 7) is 7.50. The molecule has 0 aliphatic carbocycles. The van der Waals surface area contributed by atoms with Crippen molar-refractivity contribution in [3.8, 4) is 5.75 Å². The van der Waals surface area contributed by atoms with E-state index in [1.807, 2.05) is 19.1 Å². The van der Waals surface area contributed by atoms with Gasteiger partial charge in [0, 0.05) is 10.9 Å². The summed E-state index contributed by atoms with van der Waals surface area (Å²) in [4.78, 5) is 0. The Balaban J connectivity index is 2.51. The van der Waals surface area contributed by atoms with Crippen LogP contribution in [0.25, 0.3) is 11.0 Å². The molecule has 3 nitrogen and oxygen atoms in total. The average molecular weight is 247 g/mol. The number of hydrogen-bond acceptors (Lipinski definition) is 3. The van der Waals surface area contributed by atoms with E-state index < -0.39 is 0 Å². The first-order valence-corrected chi connectivity index (χ1v) is 6.52. The van der Waals surface area contributed by atoms with Gasteiger partial charge in [-0.15, -0.1) is 0 Å². The molecule has 1 aromatic heterocycles. The van der Waals surface area contributed by atoms with Gasteiger partial charge < -0.3 is 14.9 Å². The molecular formula is C15H21NO2. The van der Waals surface area contributed by atoms with Crippen LogP contribution in [0.15, 0.2) is 22.6 Å². The normalized spacial score (nSPS) is 11.4. The van der Waals surface area contributed by atoms with Crippen molar-refractivity contribution < 1.29 is 9.15 Å². The Hall–Kier alpha value is -1.48. The lowest BCUT2D eigenvalue weighted by atomic mass is 9.99. The van der Waals surface area contributed by atoms with Crippen LogP contribution in [0, 0.1) is 5.92 Å². The van der Waals surface area contributed by atoms with E-state index in [1.165, 1.54) is 5.56 Å². The Morgan fingerprint density at radius 3 is 2.72 bits per heavy atom. The minimum absolute atomic E-state index is 0.445. The van der Waals surface area contributed by atoms with Crippen molar-refractivity contribution in [2.75, 3.05) is 6.61 Å². The number of fused-ring (bicyclic) bond motifs is 1. The van der Waals surface area contributed by atoms with Crippen molar-refractivity contribution in [2.24, 2.45) is 11.7 Å². The van der Waals surface area contributed by atoms with Gasteiger partial charge in [-0.2, -0.15) is 0 Å². The molecule has 2 N–H and O–H groups in total. The molecular weight excluding hydrogens is 226 g/mol. The van der Waals surface area contributed by atoms with Gasteiger partial charge in [0.2, 0.25) is 0 Å². The van der Waals surface area contributed by atoms with Crippen LogP contribution in [-0.4, -0.2) is 6.61 Å². The Kier molecular flexibility index (Phi) is 3.92. The van der Waals surface area contributed by atoms with Gasteiger partial charge in [0.1, 0.15) is 17.1 Å². The Morgan fingerprint density at radius 2 is 2.11 bits per heavy atom. The Labute approximate surface area is 108 Å². The SMILES string of the molecule is CCOc1ccc2oc(CN)c(CC(C)C)c2c1. The van der Waals surface area contributed by atoms with Gasteiger partial charge in [-0.1, -0.05) is 13.8 Å². The second kappa shape index (κ2) is 5.44. The minimum Gasteiger partial charge on any atom is -0.494 e. The number of hydrogen-bond donors (Lipinski definition) is 1. The second-order valence-corrected chi connectivity index (χ2v) is 4.90. The average Bonchev–Trinajstić information content (AvgIpc) is 2.67. The third kappa shape index (κ3) is 2.51. The molecule has 0 saturated carbocycles. The molecule has 0 unspecified atom stereocenters. The maximum absolute atomic E-state index is 5.80. The van der Waals surface area contributed by atoms with E-state index in [2.05, 4.69) is 19.9 Å². The topological polar surface area (TPSA) is 48.4 Å². The van der Waals surface area contributed by atoms with Crippen molar-refractivity contribution in [1.82, 2.24) is 0 Å². The summed E-state index contributed by atoms with van der Waals surface area (Å²) in [7, 11) is 0. The third-order valence-corrected chi connectivity index (χ3v) is 2.95. The Morgan fingerprint density at radius 1 is 1.33 bits per heavy atom. The van der Waals surface area contributed by atoms with E-state index in [9.17, 15) is 0 Å². The molecule has 0 amide bonds. The lowest BCUT2D eigenvalue weighted by Crippen LogP contribution is -2.01. The molecule has 3 heteroatoms. The monoisotopic (exact) mass is 247 g/mol. The van der Waals surface area contributed by atoms with Crippen LogP contribution >= 0.6 is 0 Å². The van der Waals surface area contributed by atoms with Crippen molar-refractivity contribution in [2.45, 2.75) is 33.7 Å². The van der Waals surface area contributed by atoms with Gasteiger partial charge in [0.25, 0.3) is 0 Å². The summed E-state index contributed by atoms with van der Waals surface area (Å²) in [5.41, 5.74) is 7.89. The van der Waals surface area contributed by atoms with E-state index in [4.69, 9.17) is 14.9 Å². The molecule has 0 spiro atoms. The molecule has 0 fully saturated rings. The molecule has 18 heavy (non-hydrogen) atoms. The molecule has 2 aromatic rings. The predicted octanol–water partition coefficient (Wildman–Crippen LogP) is 3.49. The van der Waals surface area contributed by atoms with Gasteiger partial charge >= 0.3 is 0 Å². The molecule has 0 bridgehead atoms. The molecule has 0 saturated heterocycles. The van der Waals surface area contributed by atoms with Crippen LogP contribution in [0.4, 0.5) is 0 Å². The van der Waals surface area contributed by atoms with Crippen LogP contribution < -0.4 is 10.5 Å². The number of furan rings is 1. The first kappa shape index (κ1) is 13.0. The first-order chi connectivity index (χ1) is 8.65. The molecule has 1 heterocycles. The molecule has 1 aromatic carbocycles. The van der Waals surface area contributed by atoms with Crippen molar-refractivity contribution in [1.29, 1.82) is 0 Å². The zero-order chi connectivity index (χ0) is 13.1. The van der Waals surface area contributed by atoms with Gasteiger partial charge in [-0.3, -0.25) is 0 Å². The zero-order valence-electron chi connectivity index (χ0n) is 11.3. The fourth-order valence-electron chi connectivity index (χ4n) is 2.23. The van der Waals surface area contributed by atoms with Crippen LogP contribution in [0.2, 0.25) is 0 Å². The quantitative estimate of drug-likeness (QED) is 0.879. The fourth-order valence-corrected chi connectivity index (χ4v) is 2.23. The summed E-state index contributed by atoms with van der Waals surface area (Å²) < 4.78 is 11.3. The summed E-state index contributed by atoms with van der Waals surface area (Å²) >= 11 is 0. The van der Waals surface area contributed by atoms with E-state index >= 15 is 0 Å². The smallest absolute Gasteiger partial charge is 0.134 e. The van der Waals surface area contributed by atoms with E-state index in [-0.39, 0.29) is 0 Å². The third-order valence-electron chi connectivity index (χ3n) is 2.95. The van der Waals surface area contributed by atoms with Crippen LogP contribution in [0.5, 0.6) is 5.75 Å². The lowest BCUT2D eigenvalue weighted by Gasteiger charge is -2.06. The molecule has 2 rings (SSSR count). The number of nitrogens with two attached hydrogens (primary N) is 1. The highest BCUT2D eigenvalue weighted by Crippen LogP contribution is 2.31. The van der Waals surface area contributed by atoms with Crippen molar-refractivity contribution in [3.05, 3.63) is 29.5 Å². The lowest BCUT2D eigenvalue weighted by molar-refractivity contribution is 0.340. The summed E-state index contributed by atoms with van der Waals surface area (Å²) in [6, 6.07) is 5.96. The molecule has 0 aliphatic heterocycles. The van der Waals surface area contributed by atoms with E-state index in [0.717, 1.165) is 28.9 Å². The summed E-state index contributed by atoms with van der Waals surface area (Å²) in [5, 5.41) is 1.13. The molecule has 98 valence electrons. The maximum atomic E-state index is 5.80. The van der Waals surface area contributed by atoms with Crippen LogP contribution in [-0.2, 0) is 13.0 Å². The number of benzene rings is 1. The summed E-state index contributed by atoms with van der Waals surface area (Å²) in [5.74, 6) is 2.36. The molecule has 0 radical (unpaired) electrons. The second-order valence-electron chi connectivity index (χ2n) is 4.90. The fraction of sp³-hybridized carbons (Fsp3) is 0.467. The maximum Gasteiger partial charge on any atom is 0.134 e. The minimum atomic E-state index is 0.445. The highest BCUT2D eigenvalue weighted by Gasteiger charge is 2.14. The molecule has 0 atom stereocenters. The zero-order valence-corrected chi connectivity index (χ0v) is 11.3. The van der Waals surface area contributed by atoms with Gasteiger partial charge in [-0.05, 0) is 37.5 Å². The first-order valence-electron chi connectivity index (χ1n) is 6.52. The highest BCUT2D eigenvalue weighted by molar-refractivity contribution is 5.83. The predicted molar refractivity (Wildman–Crippen MR) is 73.8 cm³/mol. The van der Waals surface area contributed by atoms with Crippen LogP contribution in [0.3, 0.4) is 0 Å². The standard InChI is InChI=1S/C15H21NO2/c1-4-17-11-5-6-14-13(8-11)12(7-10(2)3)15(9-16)18-14/h5-6,8,10H,4,7,9,16H2,1-3H3. The van der Waals surface area contributed by atoms with E-state index in [1.54, 1.807) is 0 Å². The number of rotatable bonds is 5. The Bertz CT molecular complexity index is 529.